The second kappa shape index (κ2) is 8.08. The molecule has 2 amide bonds. The summed E-state index contributed by atoms with van der Waals surface area (Å²) in [5.74, 6) is 0.0792. The predicted molar refractivity (Wildman–Crippen MR) is 89.2 cm³/mol. The quantitative estimate of drug-likeness (QED) is 0.861. The average molecular weight is 319 g/mol. The Kier molecular flexibility index (Phi) is 6.12. The molecule has 6 nitrogen and oxygen atoms in total. The van der Waals surface area contributed by atoms with Gasteiger partial charge in [0.1, 0.15) is 0 Å². The summed E-state index contributed by atoms with van der Waals surface area (Å²) in [7, 11) is 0. The summed E-state index contributed by atoms with van der Waals surface area (Å²) < 4.78 is 5.26. The molecule has 1 aliphatic heterocycles. The number of anilines is 1. The molecule has 1 heterocycles. The van der Waals surface area contributed by atoms with E-state index < -0.39 is 6.04 Å². The van der Waals surface area contributed by atoms with E-state index in [1.807, 2.05) is 13.8 Å². The van der Waals surface area contributed by atoms with Crippen LogP contribution in [0.5, 0.6) is 0 Å². The van der Waals surface area contributed by atoms with Gasteiger partial charge >= 0.3 is 0 Å². The van der Waals surface area contributed by atoms with Gasteiger partial charge < -0.3 is 20.7 Å². The molecule has 0 spiro atoms. The highest BCUT2D eigenvalue weighted by Crippen LogP contribution is 2.15. The zero-order valence-electron chi connectivity index (χ0n) is 13.7. The lowest BCUT2D eigenvalue weighted by Crippen LogP contribution is -2.40. The zero-order valence-corrected chi connectivity index (χ0v) is 13.7. The first-order valence-electron chi connectivity index (χ1n) is 8.01. The lowest BCUT2D eigenvalue weighted by molar-refractivity contribution is -0.117. The molecule has 2 rings (SSSR count). The Labute approximate surface area is 137 Å². The number of hydrogen-bond acceptors (Lipinski definition) is 4. The highest BCUT2D eigenvalue weighted by Gasteiger charge is 2.19. The minimum absolute atomic E-state index is 0.0455. The molecule has 1 aliphatic rings. The maximum atomic E-state index is 12.5. The third-order valence-corrected chi connectivity index (χ3v) is 3.74. The summed E-state index contributed by atoms with van der Waals surface area (Å²) >= 11 is 0. The Morgan fingerprint density at radius 2 is 2.00 bits per heavy atom. The summed E-state index contributed by atoms with van der Waals surface area (Å²) in [6, 6.07) is 6.42. The lowest BCUT2D eigenvalue weighted by atomic mass is 10.0. The van der Waals surface area contributed by atoms with E-state index in [-0.39, 0.29) is 11.8 Å². The van der Waals surface area contributed by atoms with Crippen molar-refractivity contribution >= 4 is 17.5 Å². The minimum Gasteiger partial charge on any atom is -0.378 e. The van der Waals surface area contributed by atoms with Crippen molar-refractivity contribution in [3.8, 4) is 0 Å². The van der Waals surface area contributed by atoms with Crippen LogP contribution >= 0.6 is 0 Å². The summed E-state index contributed by atoms with van der Waals surface area (Å²) in [6.45, 7) is 6.35. The van der Waals surface area contributed by atoms with Crippen LogP contribution in [-0.2, 0) is 9.53 Å². The Bertz CT molecular complexity index is 554. The van der Waals surface area contributed by atoms with Crippen LogP contribution in [0, 0.1) is 5.92 Å². The minimum atomic E-state index is -0.548. The number of carbonyl (C=O) groups is 2. The fourth-order valence-electron chi connectivity index (χ4n) is 2.53. The molecule has 0 radical (unpaired) electrons. The van der Waals surface area contributed by atoms with Crippen molar-refractivity contribution in [2.45, 2.75) is 26.3 Å². The Balaban J connectivity index is 2.01. The molecule has 0 aromatic heterocycles. The van der Waals surface area contributed by atoms with Crippen molar-refractivity contribution in [3.63, 3.8) is 0 Å². The van der Waals surface area contributed by atoms with Gasteiger partial charge in [0.25, 0.3) is 5.91 Å². The fourth-order valence-corrected chi connectivity index (χ4v) is 2.53. The summed E-state index contributed by atoms with van der Waals surface area (Å²) in [5, 5.41) is 2.79. The predicted octanol–water partition coefficient (Wildman–Crippen LogP) is 1.47. The van der Waals surface area contributed by atoms with Gasteiger partial charge in [-0.25, -0.2) is 0 Å². The molecular formula is C17H25N3O3. The van der Waals surface area contributed by atoms with Gasteiger partial charge in [0.05, 0.1) is 19.3 Å². The Morgan fingerprint density at radius 3 is 2.65 bits per heavy atom. The Morgan fingerprint density at radius 1 is 1.30 bits per heavy atom. The smallest absolute Gasteiger partial charge is 0.254 e. The first kappa shape index (κ1) is 17.4. The number of ether oxygens (including phenoxy) is 1. The number of hydrogen-bond donors (Lipinski definition) is 2. The number of nitrogens with two attached hydrogens (primary N) is 1. The molecule has 1 saturated heterocycles. The number of benzene rings is 1. The van der Waals surface area contributed by atoms with Gasteiger partial charge in [-0.15, -0.1) is 0 Å². The van der Waals surface area contributed by atoms with Crippen molar-refractivity contribution in [2.75, 3.05) is 31.6 Å². The van der Waals surface area contributed by atoms with Crippen LogP contribution < -0.4 is 11.1 Å². The van der Waals surface area contributed by atoms with Crippen molar-refractivity contribution < 1.29 is 14.3 Å². The van der Waals surface area contributed by atoms with E-state index in [1.165, 1.54) is 0 Å². The summed E-state index contributed by atoms with van der Waals surface area (Å²) in [4.78, 5) is 26.3. The highest BCUT2D eigenvalue weighted by atomic mass is 16.5. The molecular weight excluding hydrogens is 294 g/mol. The number of rotatable bonds is 5. The van der Waals surface area contributed by atoms with E-state index in [0.29, 0.717) is 49.9 Å². The average Bonchev–Trinajstić information content (AvgIpc) is 2.54. The maximum absolute atomic E-state index is 12.5. The van der Waals surface area contributed by atoms with Crippen molar-refractivity contribution in [1.82, 2.24) is 4.90 Å². The van der Waals surface area contributed by atoms with Crippen LogP contribution in [0.1, 0.15) is 30.6 Å². The number of morpholine rings is 1. The topological polar surface area (TPSA) is 84.7 Å². The third kappa shape index (κ3) is 5.04. The van der Waals surface area contributed by atoms with E-state index in [1.54, 1.807) is 29.2 Å². The van der Waals surface area contributed by atoms with Crippen LogP contribution in [0.4, 0.5) is 5.69 Å². The van der Waals surface area contributed by atoms with Gasteiger partial charge in [0, 0.05) is 24.3 Å². The molecule has 0 saturated carbocycles. The molecule has 23 heavy (non-hydrogen) atoms. The zero-order chi connectivity index (χ0) is 16.8. The number of carbonyl (C=O) groups excluding carboxylic acids is 2. The first-order valence-corrected chi connectivity index (χ1v) is 8.01. The second-order valence-electron chi connectivity index (χ2n) is 6.21. The van der Waals surface area contributed by atoms with Gasteiger partial charge in [-0.3, -0.25) is 9.59 Å². The number of nitrogens with zero attached hydrogens (tertiary/aromatic N) is 1. The van der Waals surface area contributed by atoms with E-state index in [2.05, 4.69) is 5.32 Å². The number of nitrogens with one attached hydrogen (secondary N) is 1. The van der Waals surface area contributed by atoms with Crippen LogP contribution in [0.15, 0.2) is 24.3 Å². The van der Waals surface area contributed by atoms with Gasteiger partial charge in [-0.2, -0.15) is 0 Å². The van der Waals surface area contributed by atoms with Gasteiger partial charge in [-0.1, -0.05) is 19.9 Å². The SMILES string of the molecule is CC(C)C[C@H](N)C(=O)Nc1cccc(C(=O)N2CCOCC2)c1. The Hall–Kier alpha value is -1.92. The standard InChI is InChI=1S/C17H25N3O3/c1-12(2)10-15(18)16(21)19-14-5-3-4-13(11-14)17(22)20-6-8-23-9-7-20/h3-5,11-12,15H,6-10,18H2,1-2H3,(H,19,21)/t15-/m0/s1. The molecule has 0 unspecified atom stereocenters. The largest absolute Gasteiger partial charge is 0.378 e. The molecule has 1 atom stereocenters. The normalized spacial score (nSPS) is 16.3. The monoisotopic (exact) mass is 319 g/mol. The fraction of sp³-hybridized carbons (Fsp3) is 0.529. The number of amides is 2. The van der Waals surface area contributed by atoms with E-state index >= 15 is 0 Å². The van der Waals surface area contributed by atoms with Gasteiger partial charge in [0.15, 0.2) is 0 Å². The van der Waals surface area contributed by atoms with Crippen molar-refractivity contribution in [3.05, 3.63) is 29.8 Å². The van der Waals surface area contributed by atoms with E-state index in [4.69, 9.17) is 10.5 Å². The highest BCUT2D eigenvalue weighted by molar-refractivity contribution is 5.98. The molecule has 1 fully saturated rings. The third-order valence-electron chi connectivity index (χ3n) is 3.74. The molecule has 3 N–H and O–H groups in total. The lowest BCUT2D eigenvalue weighted by Gasteiger charge is -2.27. The van der Waals surface area contributed by atoms with Crippen LogP contribution in [-0.4, -0.2) is 49.1 Å². The second-order valence-corrected chi connectivity index (χ2v) is 6.21. The van der Waals surface area contributed by atoms with Crippen LogP contribution in [0.2, 0.25) is 0 Å². The molecule has 6 heteroatoms. The maximum Gasteiger partial charge on any atom is 0.254 e. The molecule has 1 aromatic rings. The van der Waals surface area contributed by atoms with Crippen LogP contribution in [0.25, 0.3) is 0 Å². The van der Waals surface area contributed by atoms with E-state index in [0.717, 1.165) is 0 Å². The van der Waals surface area contributed by atoms with Crippen LogP contribution in [0.3, 0.4) is 0 Å². The first-order chi connectivity index (χ1) is 11.0. The molecule has 126 valence electrons. The van der Waals surface area contributed by atoms with Gasteiger partial charge in [-0.05, 0) is 30.5 Å². The van der Waals surface area contributed by atoms with Crippen molar-refractivity contribution in [2.24, 2.45) is 11.7 Å². The molecule has 0 aliphatic carbocycles. The molecule has 1 aromatic carbocycles. The van der Waals surface area contributed by atoms with E-state index in [9.17, 15) is 9.59 Å². The van der Waals surface area contributed by atoms with Crippen molar-refractivity contribution in [1.29, 1.82) is 0 Å². The van der Waals surface area contributed by atoms with Gasteiger partial charge in [0.2, 0.25) is 5.91 Å². The summed E-state index contributed by atoms with van der Waals surface area (Å²) in [6.07, 6.45) is 0.623. The molecule has 0 bridgehead atoms. The summed E-state index contributed by atoms with van der Waals surface area (Å²) in [5.41, 5.74) is 7.03.